The predicted octanol–water partition coefficient (Wildman–Crippen LogP) is 3.92. The zero-order chi connectivity index (χ0) is 19.3. The summed E-state index contributed by atoms with van der Waals surface area (Å²) < 4.78 is 0. The summed E-state index contributed by atoms with van der Waals surface area (Å²) in [4.78, 5) is 17.1. The molecule has 142 valence electrons. The molecule has 2 N–H and O–H groups in total. The van der Waals surface area contributed by atoms with Crippen LogP contribution in [0.25, 0.3) is 11.1 Å². The molecule has 0 spiro atoms. The van der Waals surface area contributed by atoms with Gasteiger partial charge in [0.2, 0.25) is 5.91 Å². The largest absolute Gasteiger partial charge is 0.393 e. The molecule has 4 rings (SSSR count). The van der Waals surface area contributed by atoms with Crippen LogP contribution in [0.4, 0.5) is 0 Å². The summed E-state index contributed by atoms with van der Waals surface area (Å²) in [5.74, 6) is 0.207. The number of hydrogen-bond acceptors (Lipinski definition) is 3. The number of aliphatic hydroxyl groups excluding tert-OH is 1. The molecule has 1 aliphatic rings. The van der Waals surface area contributed by atoms with Crippen LogP contribution in [0.3, 0.4) is 0 Å². The number of benzene rings is 2. The quantitative estimate of drug-likeness (QED) is 0.689. The van der Waals surface area contributed by atoms with Crippen molar-refractivity contribution >= 4 is 5.91 Å². The first-order valence-electron chi connectivity index (χ1n) is 9.72. The summed E-state index contributed by atoms with van der Waals surface area (Å²) in [6.07, 6.45) is 3.21. The molecule has 3 aromatic rings. The molecule has 1 aromatic heterocycles. The molecule has 4 nitrogen and oxygen atoms in total. The Labute approximate surface area is 165 Å². The van der Waals surface area contributed by atoms with E-state index >= 15 is 0 Å². The van der Waals surface area contributed by atoms with Crippen molar-refractivity contribution in [2.24, 2.45) is 5.92 Å². The van der Waals surface area contributed by atoms with Crippen molar-refractivity contribution in [3.8, 4) is 11.1 Å². The van der Waals surface area contributed by atoms with Gasteiger partial charge in [0.25, 0.3) is 0 Å². The summed E-state index contributed by atoms with van der Waals surface area (Å²) in [5, 5.41) is 12.8. The highest BCUT2D eigenvalue weighted by molar-refractivity contribution is 5.79. The van der Waals surface area contributed by atoms with Crippen LogP contribution >= 0.6 is 0 Å². The lowest BCUT2D eigenvalue weighted by Crippen LogP contribution is -2.42. The Bertz CT molecular complexity index is 904. The first-order valence-corrected chi connectivity index (χ1v) is 9.72. The third kappa shape index (κ3) is 4.29. The maximum Gasteiger partial charge on any atom is 0.224 e. The Balaban J connectivity index is 1.42. The van der Waals surface area contributed by atoms with E-state index in [2.05, 4.69) is 34.6 Å². The average Bonchev–Trinajstić information content (AvgIpc) is 2.72. The number of nitrogens with one attached hydrogen (secondary N) is 1. The van der Waals surface area contributed by atoms with Crippen LogP contribution in [0, 0.1) is 5.92 Å². The number of aromatic nitrogens is 1. The van der Waals surface area contributed by atoms with Gasteiger partial charge in [0.05, 0.1) is 24.3 Å². The van der Waals surface area contributed by atoms with E-state index in [9.17, 15) is 9.90 Å². The fraction of sp³-hybridized carbons (Fsp3) is 0.250. The van der Waals surface area contributed by atoms with Gasteiger partial charge < -0.3 is 10.4 Å². The van der Waals surface area contributed by atoms with Crippen molar-refractivity contribution in [3.63, 3.8) is 0 Å². The third-order valence-corrected chi connectivity index (χ3v) is 5.37. The lowest BCUT2D eigenvalue weighted by molar-refractivity contribution is -0.122. The van der Waals surface area contributed by atoms with Crippen molar-refractivity contribution in [1.82, 2.24) is 10.3 Å². The Morgan fingerprint density at radius 3 is 2.29 bits per heavy atom. The maximum absolute atomic E-state index is 12.7. The van der Waals surface area contributed by atoms with Crippen LogP contribution in [0.1, 0.15) is 30.1 Å². The molecular weight excluding hydrogens is 348 g/mol. The van der Waals surface area contributed by atoms with Gasteiger partial charge in [0, 0.05) is 6.20 Å². The van der Waals surface area contributed by atoms with E-state index in [1.807, 2.05) is 48.5 Å². The van der Waals surface area contributed by atoms with Gasteiger partial charge >= 0.3 is 0 Å². The fourth-order valence-corrected chi connectivity index (χ4v) is 3.75. The highest BCUT2D eigenvalue weighted by atomic mass is 16.3. The van der Waals surface area contributed by atoms with E-state index in [4.69, 9.17) is 0 Å². The smallest absolute Gasteiger partial charge is 0.224 e. The molecule has 1 amide bonds. The van der Waals surface area contributed by atoms with Crippen molar-refractivity contribution < 1.29 is 9.90 Å². The zero-order valence-electron chi connectivity index (χ0n) is 15.7. The minimum Gasteiger partial charge on any atom is -0.393 e. The number of carbonyl (C=O) groups excluding carboxylic acids is 1. The van der Waals surface area contributed by atoms with Gasteiger partial charge in [-0.3, -0.25) is 9.78 Å². The molecular formula is C24H24N2O2. The molecule has 1 aliphatic carbocycles. The number of hydrogen-bond donors (Lipinski definition) is 2. The van der Waals surface area contributed by atoms with Gasteiger partial charge in [0.15, 0.2) is 0 Å². The van der Waals surface area contributed by atoms with Crippen LogP contribution in [0.2, 0.25) is 0 Å². The minimum absolute atomic E-state index is 0.0236. The van der Waals surface area contributed by atoms with E-state index in [-0.39, 0.29) is 24.0 Å². The fourth-order valence-electron chi connectivity index (χ4n) is 3.75. The lowest BCUT2D eigenvalue weighted by Gasteiger charge is -2.37. The van der Waals surface area contributed by atoms with Gasteiger partial charge in [-0.25, -0.2) is 0 Å². The van der Waals surface area contributed by atoms with E-state index in [0.717, 1.165) is 22.4 Å². The Hall–Kier alpha value is -2.98. The lowest BCUT2D eigenvalue weighted by atomic mass is 9.76. The monoisotopic (exact) mass is 372 g/mol. The van der Waals surface area contributed by atoms with Crippen LogP contribution in [0.15, 0.2) is 79.0 Å². The highest BCUT2D eigenvalue weighted by Crippen LogP contribution is 2.37. The topological polar surface area (TPSA) is 62.2 Å². The van der Waals surface area contributed by atoms with Crippen LogP contribution in [-0.2, 0) is 11.2 Å². The van der Waals surface area contributed by atoms with Crippen LogP contribution < -0.4 is 5.32 Å². The first kappa shape index (κ1) is 18.4. The predicted molar refractivity (Wildman–Crippen MR) is 109 cm³/mol. The van der Waals surface area contributed by atoms with E-state index in [0.29, 0.717) is 19.3 Å². The molecule has 1 atom stereocenters. The molecule has 1 fully saturated rings. The molecule has 0 radical (unpaired) electrons. The second-order valence-corrected chi connectivity index (χ2v) is 7.42. The van der Waals surface area contributed by atoms with Gasteiger partial charge in [-0.05, 0) is 47.6 Å². The Morgan fingerprint density at radius 1 is 0.964 bits per heavy atom. The molecule has 0 saturated heterocycles. The minimum atomic E-state index is -0.265. The normalized spacial score (nSPS) is 19.5. The molecule has 1 heterocycles. The molecule has 0 aliphatic heterocycles. The maximum atomic E-state index is 12.7. The van der Waals surface area contributed by atoms with Gasteiger partial charge in [-0.15, -0.1) is 0 Å². The summed E-state index contributed by atoms with van der Waals surface area (Å²) in [6, 6.07) is 23.9. The number of rotatable bonds is 6. The molecule has 1 saturated carbocycles. The third-order valence-electron chi connectivity index (χ3n) is 5.37. The second-order valence-electron chi connectivity index (χ2n) is 7.42. The number of aliphatic hydroxyl groups is 1. The summed E-state index contributed by atoms with van der Waals surface area (Å²) in [7, 11) is 0. The van der Waals surface area contributed by atoms with Crippen molar-refractivity contribution in [2.45, 2.75) is 31.4 Å². The molecule has 0 unspecified atom stereocenters. The van der Waals surface area contributed by atoms with Crippen LogP contribution in [-0.4, -0.2) is 22.1 Å². The number of nitrogens with zero attached hydrogens (tertiary/aromatic N) is 1. The Kier molecular flexibility index (Phi) is 5.49. The first-order chi connectivity index (χ1) is 13.7. The molecule has 28 heavy (non-hydrogen) atoms. The van der Waals surface area contributed by atoms with E-state index in [1.54, 1.807) is 6.20 Å². The molecule has 2 aromatic carbocycles. The second kappa shape index (κ2) is 8.36. The van der Waals surface area contributed by atoms with Crippen molar-refractivity contribution in [3.05, 3.63) is 90.3 Å². The Morgan fingerprint density at radius 2 is 1.64 bits per heavy atom. The van der Waals surface area contributed by atoms with E-state index < -0.39 is 0 Å². The van der Waals surface area contributed by atoms with Gasteiger partial charge in [-0.1, -0.05) is 60.7 Å². The van der Waals surface area contributed by atoms with E-state index in [1.165, 1.54) is 0 Å². The molecule has 0 bridgehead atoms. The number of pyridine rings is 1. The molecule has 4 heteroatoms. The summed E-state index contributed by atoms with van der Waals surface area (Å²) >= 11 is 0. The number of carbonyl (C=O) groups is 1. The van der Waals surface area contributed by atoms with Crippen LogP contribution in [0.5, 0.6) is 0 Å². The van der Waals surface area contributed by atoms with Gasteiger partial charge in [0.1, 0.15) is 0 Å². The highest BCUT2D eigenvalue weighted by Gasteiger charge is 2.36. The number of amides is 1. The average molecular weight is 372 g/mol. The van der Waals surface area contributed by atoms with Crippen molar-refractivity contribution in [1.29, 1.82) is 0 Å². The summed E-state index contributed by atoms with van der Waals surface area (Å²) in [6.45, 7) is 0. The SMILES string of the molecule is O=C(Cc1ccc(-c2ccccc2)cc1)N[C@@H](c1ccccn1)C1CC(O)C1. The zero-order valence-corrected chi connectivity index (χ0v) is 15.7. The summed E-state index contributed by atoms with van der Waals surface area (Å²) in [5.41, 5.74) is 4.13. The van der Waals surface area contributed by atoms with Gasteiger partial charge in [-0.2, -0.15) is 0 Å². The van der Waals surface area contributed by atoms with Crippen molar-refractivity contribution in [2.75, 3.05) is 0 Å². The standard InChI is InChI=1S/C24H24N2O2/c27-21-15-20(16-21)24(22-8-4-5-13-25-22)26-23(28)14-17-9-11-19(12-10-17)18-6-2-1-3-7-18/h1-13,20-21,24,27H,14-16H2,(H,26,28)/t20?,21?,24-/m1/s1.